The quantitative estimate of drug-likeness (QED) is 0.888. The molecule has 7 heteroatoms. The second-order valence-corrected chi connectivity index (χ2v) is 5.47. The molecule has 1 aliphatic rings. The Morgan fingerprint density at radius 3 is 2.35 bits per heavy atom. The normalized spacial score (nSPS) is 14.7. The van der Waals surface area contributed by atoms with Crippen molar-refractivity contribution in [1.82, 2.24) is 19.7 Å². The monoisotopic (exact) mass is 319 g/mol. The molecule has 0 radical (unpaired) electrons. The van der Waals surface area contributed by atoms with E-state index in [2.05, 4.69) is 4.98 Å². The Bertz CT molecular complexity index is 551. The Labute approximate surface area is 137 Å². The summed E-state index contributed by atoms with van der Waals surface area (Å²) in [7, 11) is 0. The maximum Gasteiger partial charge on any atom is 0.320 e. The summed E-state index contributed by atoms with van der Waals surface area (Å²) < 4.78 is 0. The van der Waals surface area contributed by atoms with Crippen LogP contribution in [0.4, 0.5) is 4.79 Å². The van der Waals surface area contributed by atoms with Gasteiger partial charge in [-0.15, -0.1) is 0 Å². The van der Waals surface area contributed by atoms with Gasteiger partial charge in [0.05, 0.1) is 5.69 Å². The predicted octanol–water partition coefficient (Wildman–Crippen LogP) is 0.760. The van der Waals surface area contributed by atoms with Crippen LogP contribution < -0.4 is 5.73 Å². The molecule has 126 valence electrons. The fourth-order valence-electron chi connectivity index (χ4n) is 2.70. The molecule has 3 amide bonds. The molecule has 1 saturated heterocycles. The van der Waals surface area contributed by atoms with Gasteiger partial charge < -0.3 is 20.4 Å². The third-order valence-corrected chi connectivity index (χ3v) is 4.14. The minimum atomic E-state index is -0.0305. The van der Waals surface area contributed by atoms with E-state index in [-0.39, 0.29) is 11.9 Å². The van der Waals surface area contributed by atoms with Gasteiger partial charge in [-0.25, -0.2) is 4.79 Å². The van der Waals surface area contributed by atoms with E-state index in [1.54, 1.807) is 28.1 Å². The molecule has 0 spiro atoms. The summed E-state index contributed by atoms with van der Waals surface area (Å²) in [6, 6.07) is 3.49. The Hall–Kier alpha value is -2.15. The van der Waals surface area contributed by atoms with Crippen molar-refractivity contribution in [1.29, 1.82) is 0 Å². The molecule has 0 bridgehead atoms. The number of urea groups is 1. The van der Waals surface area contributed by atoms with Crippen LogP contribution in [-0.4, -0.2) is 70.9 Å². The minimum Gasteiger partial charge on any atom is -0.335 e. The van der Waals surface area contributed by atoms with Gasteiger partial charge in [0.2, 0.25) is 0 Å². The summed E-state index contributed by atoms with van der Waals surface area (Å²) in [6.07, 6.45) is 1.61. The number of rotatable bonds is 4. The van der Waals surface area contributed by atoms with Crippen molar-refractivity contribution in [2.24, 2.45) is 5.73 Å². The summed E-state index contributed by atoms with van der Waals surface area (Å²) in [4.78, 5) is 34.3. The predicted molar refractivity (Wildman–Crippen MR) is 87.9 cm³/mol. The fraction of sp³-hybridized carbons (Fsp3) is 0.562. The summed E-state index contributed by atoms with van der Waals surface area (Å²) >= 11 is 0. The average Bonchev–Trinajstić information content (AvgIpc) is 2.62. The number of amides is 3. The van der Waals surface area contributed by atoms with E-state index in [0.29, 0.717) is 57.1 Å². The molecular formula is C16H25N5O2. The molecule has 1 aliphatic heterocycles. The highest BCUT2D eigenvalue weighted by Gasteiger charge is 2.26. The van der Waals surface area contributed by atoms with Gasteiger partial charge in [0, 0.05) is 57.6 Å². The van der Waals surface area contributed by atoms with Gasteiger partial charge in [-0.3, -0.25) is 9.78 Å². The van der Waals surface area contributed by atoms with Crippen molar-refractivity contribution in [3.8, 4) is 0 Å². The number of hydrogen-bond donors (Lipinski definition) is 1. The number of nitrogens with two attached hydrogens (primary N) is 1. The Morgan fingerprint density at radius 1 is 1.17 bits per heavy atom. The van der Waals surface area contributed by atoms with Crippen molar-refractivity contribution in [2.75, 3.05) is 39.3 Å². The maximum atomic E-state index is 12.5. The van der Waals surface area contributed by atoms with E-state index >= 15 is 0 Å². The van der Waals surface area contributed by atoms with E-state index < -0.39 is 0 Å². The van der Waals surface area contributed by atoms with E-state index in [0.717, 1.165) is 0 Å². The highest BCUT2D eigenvalue weighted by Crippen LogP contribution is 2.11. The van der Waals surface area contributed by atoms with Crippen molar-refractivity contribution in [3.05, 3.63) is 29.6 Å². The minimum absolute atomic E-state index is 0.0305. The van der Waals surface area contributed by atoms with Crippen molar-refractivity contribution < 1.29 is 9.59 Å². The molecule has 1 fully saturated rings. The molecule has 2 rings (SSSR count). The highest BCUT2D eigenvalue weighted by molar-refractivity contribution is 5.94. The SMILES string of the molecule is CCN(CC)C(=O)N1CCN(C(=O)c2ccnc(CN)c2)CC1. The molecule has 0 saturated carbocycles. The van der Waals surface area contributed by atoms with Crippen molar-refractivity contribution >= 4 is 11.9 Å². The van der Waals surface area contributed by atoms with Crippen molar-refractivity contribution in [3.63, 3.8) is 0 Å². The first-order valence-electron chi connectivity index (χ1n) is 8.08. The third kappa shape index (κ3) is 3.98. The number of hydrogen-bond acceptors (Lipinski definition) is 4. The third-order valence-electron chi connectivity index (χ3n) is 4.14. The fourth-order valence-corrected chi connectivity index (χ4v) is 2.70. The van der Waals surface area contributed by atoms with Gasteiger partial charge in [-0.2, -0.15) is 0 Å². The molecule has 0 unspecified atom stereocenters. The molecule has 0 aliphatic carbocycles. The van der Waals surface area contributed by atoms with Crippen LogP contribution in [0.5, 0.6) is 0 Å². The van der Waals surface area contributed by atoms with Crippen LogP contribution in [0.15, 0.2) is 18.3 Å². The van der Waals surface area contributed by atoms with Crippen LogP contribution in [0.1, 0.15) is 29.9 Å². The molecule has 1 aromatic rings. The summed E-state index contributed by atoms with van der Waals surface area (Å²) in [6.45, 7) is 7.89. The maximum absolute atomic E-state index is 12.5. The lowest BCUT2D eigenvalue weighted by Gasteiger charge is -2.37. The topological polar surface area (TPSA) is 82.8 Å². The first-order valence-corrected chi connectivity index (χ1v) is 8.08. The van der Waals surface area contributed by atoms with Crippen LogP contribution in [0.3, 0.4) is 0 Å². The van der Waals surface area contributed by atoms with Crippen LogP contribution >= 0.6 is 0 Å². The molecule has 2 heterocycles. The van der Waals surface area contributed by atoms with Gasteiger partial charge in [-0.05, 0) is 26.0 Å². The first-order chi connectivity index (χ1) is 11.1. The van der Waals surface area contributed by atoms with E-state index in [9.17, 15) is 9.59 Å². The second kappa shape index (κ2) is 7.92. The zero-order chi connectivity index (χ0) is 16.8. The summed E-state index contributed by atoms with van der Waals surface area (Å²) in [5.74, 6) is -0.0305. The second-order valence-electron chi connectivity index (χ2n) is 5.47. The van der Waals surface area contributed by atoms with Crippen LogP contribution in [-0.2, 0) is 6.54 Å². The lowest BCUT2D eigenvalue weighted by atomic mass is 10.2. The first kappa shape index (κ1) is 17.2. The number of nitrogens with zero attached hydrogens (tertiary/aromatic N) is 4. The Morgan fingerprint density at radius 2 is 1.78 bits per heavy atom. The largest absolute Gasteiger partial charge is 0.335 e. The Kier molecular flexibility index (Phi) is 5.92. The number of carbonyl (C=O) groups is 2. The number of aromatic nitrogens is 1. The molecule has 0 aromatic carbocycles. The van der Waals surface area contributed by atoms with E-state index in [1.807, 2.05) is 18.7 Å². The van der Waals surface area contributed by atoms with E-state index in [4.69, 9.17) is 5.73 Å². The van der Waals surface area contributed by atoms with Crippen LogP contribution in [0.2, 0.25) is 0 Å². The standard InChI is InChI=1S/C16H25N5O2/c1-3-19(4-2)16(23)21-9-7-20(8-10-21)15(22)13-5-6-18-14(11-13)12-17/h5-6,11H,3-4,7-10,12,17H2,1-2H3. The molecular weight excluding hydrogens is 294 g/mol. The highest BCUT2D eigenvalue weighted by atomic mass is 16.2. The van der Waals surface area contributed by atoms with Crippen LogP contribution in [0, 0.1) is 0 Å². The molecule has 1 aromatic heterocycles. The lowest BCUT2D eigenvalue weighted by Crippen LogP contribution is -2.54. The van der Waals surface area contributed by atoms with Gasteiger partial charge in [0.1, 0.15) is 0 Å². The van der Waals surface area contributed by atoms with E-state index in [1.165, 1.54) is 0 Å². The number of pyridine rings is 1. The average molecular weight is 319 g/mol. The number of carbonyl (C=O) groups excluding carboxylic acids is 2. The number of piperazine rings is 1. The van der Waals surface area contributed by atoms with Crippen LogP contribution in [0.25, 0.3) is 0 Å². The summed E-state index contributed by atoms with van der Waals surface area (Å²) in [5.41, 5.74) is 6.87. The molecule has 23 heavy (non-hydrogen) atoms. The summed E-state index contributed by atoms with van der Waals surface area (Å²) in [5, 5.41) is 0. The van der Waals surface area contributed by atoms with Gasteiger partial charge >= 0.3 is 6.03 Å². The van der Waals surface area contributed by atoms with Gasteiger partial charge in [0.25, 0.3) is 5.91 Å². The zero-order valence-electron chi connectivity index (χ0n) is 13.9. The molecule has 7 nitrogen and oxygen atoms in total. The van der Waals surface area contributed by atoms with Gasteiger partial charge in [0.15, 0.2) is 0 Å². The molecule has 0 atom stereocenters. The smallest absolute Gasteiger partial charge is 0.320 e. The molecule has 2 N–H and O–H groups in total. The lowest BCUT2D eigenvalue weighted by molar-refractivity contribution is 0.0641. The van der Waals surface area contributed by atoms with Crippen molar-refractivity contribution in [2.45, 2.75) is 20.4 Å². The zero-order valence-corrected chi connectivity index (χ0v) is 13.9. The van der Waals surface area contributed by atoms with Gasteiger partial charge in [-0.1, -0.05) is 0 Å². The Balaban J connectivity index is 1.95.